The number of quaternary nitrogens is 1. The Morgan fingerprint density at radius 3 is 2.32 bits per heavy atom. The van der Waals surface area contributed by atoms with Gasteiger partial charge in [-0.3, -0.25) is 0 Å². The molecule has 0 aliphatic carbocycles. The number of halogens is 1. The van der Waals surface area contributed by atoms with Gasteiger partial charge in [0.2, 0.25) is 0 Å². The first-order chi connectivity index (χ1) is 10.7. The number of nitrogens with one attached hydrogen (secondary N) is 1. The molecule has 0 spiro atoms. The van der Waals surface area contributed by atoms with Crippen LogP contribution in [0, 0.1) is 5.82 Å². The van der Waals surface area contributed by atoms with Gasteiger partial charge in [-0.2, -0.15) is 0 Å². The number of rotatable bonds is 4. The molecular formula is C18H22FN2O+. The summed E-state index contributed by atoms with van der Waals surface area (Å²) >= 11 is 0. The first-order valence-electron chi connectivity index (χ1n) is 7.80. The molecule has 0 amide bonds. The van der Waals surface area contributed by atoms with Gasteiger partial charge in [-0.05, 0) is 17.7 Å². The number of aliphatic hydroxyl groups is 1. The van der Waals surface area contributed by atoms with Gasteiger partial charge in [0.05, 0.1) is 31.9 Å². The van der Waals surface area contributed by atoms with Crippen LogP contribution in [0.5, 0.6) is 0 Å². The van der Waals surface area contributed by atoms with Crippen LogP contribution in [0.2, 0.25) is 0 Å². The van der Waals surface area contributed by atoms with E-state index in [0.717, 1.165) is 31.7 Å². The van der Waals surface area contributed by atoms with Crippen LogP contribution in [0.25, 0.3) is 0 Å². The molecule has 3 rings (SSSR count). The van der Waals surface area contributed by atoms with E-state index in [4.69, 9.17) is 0 Å². The van der Waals surface area contributed by atoms with Crippen LogP contribution in [0.4, 0.5) is 10.1 Å². The van der Waals surface area contributed by atoms with Gasteiger partial charge in [0.25, 0.3) is 0 Å². The minimum Gasteiger partial charge on any atom is -0.382 e. The average molecular weight is 301 g/mol. The fourth-order valence-corrected chi connectivity index (χ4v) is 3.04. The summed E-state index contributed by atoms with van der Waals surface area (Å²) in [6, 6.07) is 16.7. The molecule has 22 heavy (non-hydrogen) atoms. The quantitative estimate of drug-likeness (QED) is 0.890. The minimum atomic E-state index is -0.434. The summed E-state index contributed by atoms with van der Waals surface area (Å²) in [6.45, 7) is 4.17. The zero-order chi connectivity index (χ0) is 15.4. The summed E-state index contributed by atoms with van der Waals surface area (Å²) in [6.07, 6.45) is -0.434. The number of hydrogen-bond donors (Lipinski definition) is 2. The molecule has 1 aliphatic heterocycles. The van der Waals surface area contributed by atoms with Crippen molar-refractivity contribution in [1.82, 2.24) is 0 Å². The number of para-hydroxylation sites is 1. The van der Waals surface area contributed by atoms with Crippen molar-refractivity contribution in [3.05, 3.63) is 66.0 Å². The summed E-state index contributed by atoms with van der Waals surface area (Å²) in [4.78, 5) is 3.46. The van der Waals surface area contributed by atoms with Crippen molar-refractivity contribution in [3.63, 3.8) is 0 Å². The largest absolute Gasteiger partial charge is 0.382 e. The maximum absolute atomic E-state index is 13.8. The molecule has 1 saturated heterocycles. The number of aliphatic hydroxyl groups excluding tert-OH is 1. The smallest absolute Gasteiger partial charge is 0.146 e. The molecule has 116 valence electrons. The van der Waals surface area contributed by atoms with E-state index in [2.05, 4.69) is 4.90 Å². The van der Waals surface area contributed by atoms with E-state index in [1.807, 2.05) is 42.5 Å². The number of hydrogen-bond acceptors (Lipinski definition) is 2. The van der Waals surface area contributed by atoms with Crippen molar-refractivity contribution in [2.24, 2.45) is 0 Å². The second-order valence-corrected chi connectivity index (χ2v) is 5.82. The number of anilines is 1. The molecule has 0 aromatic heterocycles. The van der Waals surface area contributed by atoms with Gasteiger partial charge in [0, 0.05) is 0 Å². The molecule has 0 unspecified atom stereocenters. The molecule has 0 bridgehead atoms. The lowest BCUT2D eigenvalue weighted by molar-refractivity contribution is -0.904. The van der Waals surface area contributed by atoms with E-state index < -0.39 is 6.10 Å². The van der Waals surface area contributed by atoms with Crippen LogP contribution in [0.3, 0.4) is 0 Å². The highest BCUT2D eigenvalue weighted by atomic mass is 19.1. The highest BCUT2D eigenvalue weighted by Gasteiger charge is 2.24. The van der Waals surface area contributed by atoms with E-state index in [0.29, 0.717) is 12.2 Å². The number of benzene rings is 2. The molecule has 0 radical (unpaired) electrons. The van der Waals surface area contributed by atoms with Gasteiger partial charge in [0.15, 0.2) is 0 Å². The Morgan fingerprint density at radius 1 is 1.00 bits per heavy atom. The van der Waals surface area contributed by atoms with Gasteiger partial charge in [-0.25, -0.2) is 4.39 Å². The third kappa shape index (κ3) is 3.46. The highest BCUT2D eigenvalue weighted by Crippen LogP contribution is 2.18. The molecule has 1 aliphatic rings. The first-order valence-corrected chi connectivity index (χ1v) is 7.80. The second-order valence-electron chi connectivity index (χ2n) is 5.82. The number of piperazine rings is 1. The SMILES string of the molecule is O[C@H](C[NH+]1CCN(c2ccccc2F)CC1)c1ccccc1. The Balaban J connectivity index is 1.55. The number of nitrogens with zero attached hydrogens (tertiary/aromatic N) is 1. The molecule has 2 aromatic rings. The van der Waals surface area contributed by atoms with Crippen molar-refractivity contribution in [1.29, 1.82) is 0 Å². The van der Waals surface area contributed by atoms with Crippen LogP contribution in [-0.4, -0.2) is 37.8 Å². The van der Waals surface area contributed by atoms with E-state index in [-0.39, 0.29) is 5.82 Å². The topological polar surface area (TPSA) is 27.9 Å². The minimum absolute atomic E-state index is 0.157. The highest BCUT2D eigenvalue weighted by molar-refractivity contribution is 5.47. The van der Waals surface area contributed by atoms with E-state index in [9.17, 15) is 9.50 Å². The Kier molecular flexibility index (Phi) is 4.71. The van der Waals surface area contributed by atoms with E-state index in [1.54, 1.807) is 6.07 Å². The molecule has 2 N–H and O–H groups in total. The third-order valence-corrected chi connectivity index (χ3v) is 4.33. The van der Waals surface area contributed by atoms with Gasteiger partial charge in [-0.1, -0.05) is 42.5 Å². The second kappa shape index (κ2) is 6.90. The van der Waals surface area contributed by atoms with Crippen LogP contribution in [-0.2, 0) is 0 Å². The summed E-state index contributed by atoms with van der Waals surface area (Å²) in [5.74, 6) is -0.157. The zero-order valence-corrected chi connectivity index (χ0v) is 12.6. The van der Waals surface area contributed by atoms with Crippen molar-refractivity contribution in [3.8, 4) is 0 Å². The Morgan fingerprint density at radius 2 is 1.64 bits per heavy atom. The molecule has 1 heterocycles. The van der Waals surface area contributed by atoms with Gasteiger partial charge in [0.1, 0.15) is 18.5 Å². The van der Waals surface area contributed by atoms with Crippen LogP contribution >= 0.6 is 0 Å². The summed E-state index contributed by atoms with van der Waals surface area (Å²) in [5, 5.41) is 10.3. The zero-order valence-electron chi connectivity index (χ0n) is 12.6. The predicted molar refractivity (Wildman–Crippen MR) is 85.6 cm³/mol. The molecule has 0 saturated carbocycles. The Hall–Kier alpha value is -1.91. The van der Waals surface area contributed by atoms with Crippen molar-refractivity contribution < 1.29 is 14.4 Å². The normalized spacial score (nSPS) is 17.5. The third-order valence-electron chi connectivity index (χ3n) is 4.33. The summed E-state index contributed by atoms with van der Waals surface area (Å²) in [5.41, 5.74) is 1.65. The average Bonchev–Trinajstić information content (AvgIpc) is 2.57. The Labute approximate surface area is 130 Å². The van der Waals surface area contributed by atoms with E-state index >= 15 is 0 Å². The van der Waals surface area contributed by atoms with Gasteiger partial charge >= 0.3 is 0 Å². The van der Waals surface area contributed by atoms with Crippen LogP contribution < -0.4 is 9.80 Å². The van der Waals surface area contributed by atoms with Crippen molar-refractivity contribution in [2.45, 2.75) is 6.10 Å². The molecular weight excluding hydrogens is 279 g/mol. The molecule has 3 nitrogen and oxygen atoms in total. The Bertz CT molecular complexity index is 597. The monoisotopic (exact) mass is 301 g/mol. The van der Waals surface area contributed by atoms with Crippen LogP contribution in [0.15, 0.2) is 54.6 Å². The molecule has 2 aromatic carbocycles. The fourth-order valence-electron chi connectivity index (χ4n) is 3.04. The maximum Gasteiger partial charge on any atom is 0.146 e. The van der Waals surface area contributed by atoms with Gasteiger partial charge in [-0.15, -0.1) is 0 Å². The lowest BCUT2D eigenvalue weighted by Gasteiger charge is -2.34. The standard InChI is InChI=1S/C18H21FN2O/c19-16-8-4-5-9-17(16)21-12-10-20(11-13-21)14-18(22)15-6-2-1-3-7-15/h1-9,18,22H,10-14H2/p+1/t18-/m1/s1. The first kappa shape index (κ1) is 15.0. The van der Waals surface area contributed by atoms with Crippen molar-refractivity contribution in [2.75, 3.05) is 37.6 Å². The molecule has 1 fully saturated rings. The lowest BCUT2D eigenvalue weighted by Crippen LogP contribution is -3.15. The lowest BCUT2D eigenvalue weighted by atomic mass is 10.1. The van der Waals surface area contributed by atoms with Crippen LogP contribution in [0.1, 0.15) is 11.7 Å². The van der Waals surface area contributed by atoms with Gasteiger partial charge < -0.3 is 14.9 Å². The molecule has 4 heteroatoms. The van der Waals surface area contributed by atoms with Crippen molar-refractivity contribution >= 4 is 5.69 Å². The predicted octanol–water partition coefficient (Wildman–Crippen LogP) is 1.26. The summed E-state index contributed by atoms with van der Waals surface area (Å²) in [7, 11) is 0. The fraction of sp³-hybridized carbons (Fsp3) is 0.333. The molecule has 1 atom stereocenters. The summed E-state index contributed by atoms with van der Waals surface area (Å²) < 4.78 is 13.8. The maximum atomic E-state index is 13.8. The van der Waals surface area contributed by atoms with E-state index in [1.165, 1.54) is 11.0 Å².